The van der Waals surface area contributed by atoms with E-state index in [1.807, 2.05) is 37.7 Å². The fourth-order valence-corrected chi connectivity index (χ4v) is 16.5. The molecule has 0 aromatic heterocycles. The zero-order valence-corrected chi connectivity index (χ0v) is 51.5. The molecule has 4 aliphatic carbocycles. The van der Waals surface area contributed by atoms with Crippen molar-refractivity contribution in [2.24, 2.45) is 46.3 Å². The number of ether oxygens (including phenoxy) is 6. The molecule has 3 saturated carbocycles. The van der Waals surface area contributed by atoms with E-state index in [-0.39, 0.29) is 82.3 Å². The van der Waals surface area contributed by atoms with E-state index in [1.54, 1.807) is 62.3 Å². The Morgan fingerprint density at radius 1 is 0.890 bits per heavy atom. The lowest BCUT2D eigenvalue weighted by Gasteiger charge is -2.63. The van der Waals surface area contributed by atoms with Crippen molar-refractivity contribution in [2.75, 3.05) is 40.8 Å². The average molecular weight is 1170 g/mol. The Kier molecular flexibility index (Phi) is 20.0. The first kappa shape index (κ1) is 66.9. The molecule has 5 unspecified atom stereocenters. The minimum Gasteiger partial charge on any atom is -0.459 e. The third-order valence-electron chi connectivity index (χ3n) is 21.5. The molecule has 0 radical (unpaired) electrons. The zero-order valence-electron chi connectivity index (χ0n) is 51.5. The highest BCUT2D eigenvalue weighted by molar-refractivity contribution is 6.01. The Morgan fingerprint density at radius 3 is 2.17 bits per heavy atom. The number of amides is 1. The number of esters is 1. The van der Waals surface area contributed by atoms with Crippen molar-refractivity contribution in [1.29, 1.82) is 0 Å². The zero-order chi connectivity index (χ0) is 61.4. The molecule has 3 aliphatic heterocycles. The molecule has 3 saturated heterocycles. The third-order valence-corrected chi connectivity index (χ3v) is 21.5. The lowest BCUT2D eigenvalue weighted by molar-refractivity contribution is -0.318. The second-order valence-corrected chi connectivity index (χ2v) is 27.6. The van der Waals surface area contributed by atoms with Gasteiger partial charge >= 0.3 is 5.97 Å². The van der Waals surface area contributed by atoms with Gasteiger partial charge < -0.3 is 74.4 Å². The molecular formula is C61H101F2N3O16. The molecule has 8 N–H and O–H groups in total. The number of fused-ring (bicyclic) bond motifs is 5. The number of likely N-dealkylation sites (N-methyl/N-ethyl adjacent to an activating group) is 1. The number of allylic oxidation sites excluding steroid dienone is 4. The van der Waals surface area contributed by atoms with Crippen LogP contribution in [0.3, 0.4) is 0 Å². The van der Waals surface area contributed by atoms with Gasteiger partial charge in [0.1, 0.15) is 36.2 Å². The van der Waals surface area contributed by atoms with Crippen molar-refractivity contribution in [2.45, 2.75) is 255 Å². The Balaban J connectivity index is 1.16. The van der Waals surface area contributed by atoms with Crippen LogP contribution in [-0.4, -0.2) is 218 Å². The fraction of sp³-hybridized carbons (Fsp3) is 0.885. The van der Waals surface area contributed by atoms with Gasteiger partial charge in [-0.2, -0.15) is 0 Å². The van der Waals surface area contributed by atoms with E-state index in [2.05, 4.69) is 5.32 Å². The van der Waals surface area contributed by atoms with E-state index in [4.69, 9.17) is 28.4 Å². The Bertz CT molecular complexity index is 2350. The molecule has 1 amide bonds. The summed E-state index contributed by atoms with van der Waals surface area (Å²) < 4.78 is 72.3. The van der Waals surface area contributed by atoms with Gasteiger partial charge in [-0.05, 0) is 150 Å². The standard InChI is InChI=1S/C61H101F2N3O16/c1-17-45-59(13,75)49(70)36(7)66(22-18-21-64-54(73)61(76)32(3)23-39-40-26-42(62)41-25-38(67)19-20-55(41,9)60(40,63)44(68)28-56(39,61)10)30-31(2)27-57(11,74)51(82-53-47(69)43(65(14)15)24-33(4)78-53)34(5)48(35(6)52(72)80-45)81-46-29-58(12,77-16)50(71)37(8)79-46/h19-20,25,31-37,39-40,42-51,53,68-71,74-76H,17-18,21-24,26-30H2,1-16H3,(H,64,73)/t31-,32-,33-,34+,35-,36-,37?,39?,40?,42+,43-,44+,45-,46-,47-,48?,49-,50-,51?,53+,55+,56+,57-,58+,59-,60+,61+/m1/s1. The Labute approximate surface area is 484 Å². The molecule has 6 fully saturated rings. The topological polar surface area (TPSA) is 267 Å². The van der Waals surface area contributed by atoms with Gasteiger partial charge in [-0.25, -0.2) is 8.78 Å². The molecular weight excluding hydrogens is 1070 g/mol. The van der Waals surface area contributed by atoms with E-state index in [1.165, 1.54) is 33.1 Å². The molecule has 0 aromatic rings. The van der Waals surface area contributed by atoms with Crippen molar-refractivity contribution >= 4 is 17.7 Å². The van der Waals surface area contributed by atoms with Crippen molar-refractivity contribution < 1.29 is 87.3 Å². The maximum absolute atomic E-state index is 17.9. The molecule has 0 spiro atoms. The van der Waals surface area contributed by atoms with E-state index < -0.39 is 166 Å². The van der Waals surface area contributed by atoms with Gasteiger partial charge in [0.15, 0.2) is 29.6 Å². The summed E-state index contributed by atoms with van der Waals surface area (Å²) >= 11 is 0. The van der Waals surface area contributed by atoms with Gasteiger partial charge in [0, 0.05) is 67.9 Å². The van der Waals surface area contributed by atoms with Crippen molar-refractivity contribution in [3.63, 3.8) is 0 Å². The number of cyclic esters (lactones) is 1. The minimum absolute atomic E-state index is 0.0109. The maximum atomic E-state index is 17.9. The highest BCUT2D eigenvalue weighted by Crippen LogP contribution is 2.71. The highest BCUT2D eigenvalue weighted by atomic mass is 19.1. The minimum atomic E-state index is -2.39. The van der Waals surface area contributed by atoms with Crippen LogP contribution in [0.2, 0.25) is 0 Å². The Hall–Kier alpha value is -2.61. The van der Waals surface area contributed by atoms with Gasteiger partial charge in [0.25, 0.3) is 5.91 Å². The highest BCUT2D eigenvalue weighted by Gasteiger charge is 2.77. The van der Waals surface area contributed by atoms with Crippen LogP contribution in [0.1, 0.15) is 141 Å². The van der Waals surface area contributed by atoms with Gasteiger partial charge in [-0.1, -0.05) is 40.7 Å². The SMILES string of the molecule is CC[C@H]1OC(=O)[C@H](C)C(O[C@@H]2C[C@](C)(OC)[C@H](O)C(C)O2)[C@H](C)C(O[C@@H]2O[C@H](C)C[C@@H](N(C)C)[C@H]2O)[C@](C)(O)C[C@@H](C)CN(CCCNC(=O)[C@@]2(O)[C@H](C)CC3C4C[C@H](F)C5=CC(=O)C=C[C@]5(C)[C@@]4(F)[C@@H](O)C[C@@]32C)[C@H](C)[C@@H](O)[C@]1(C)O. The van der Waals surface area contributed by atoms with E-state index in [0.717, 1.165) is 6.08 Å². The summed E-state index contributed by atoms with van der Waals surface area (Å²) in [5.74, 6) is -6.92. The molecule has 21 heteroatoms. The number of nitrogens with one attached hydrogen (secondary N) is 1. The van der Waals surface area contributed by atoms with Crippen molar-refractivity contribution in [3.05, 3.63) is 23.8 Å². The van der Waals surface area contributed by atoms with Crippen LogP contribution in [-0.2, 0) is 42.8 Å². The number of alkyl halides is 2. The van der Waals surface area contributed by atoms with Crippen LogP contribution in [0.5, 0.6) is 0 Å². The third kappa shape index (κ3) is 11.7. The number of carbonyl (C=O) groups is 3. The molecule has 0 aromatic carbocycles. The average Bonchev–Trinajstić information content (AvgIpc) is 2.67. The quantitative estimate of drug-likeness (QED) is 0.101. The van der Waals surface area contributed by atoms with Crippen LogP contribution in [0.15, 0.2) is 23.8 Å². The van der Waals surface area contributed by atoms with Crippen LogP contribution >= 0.6 is 0 Å². The molecule has 0 bridgehead atoms. The molecule has 19 nitrogen and oxygen atoms in total. The lowest BCUT2D eigenvalue weighted by atomic mass is 9.44. The number of ketones is 1. The van der Waals surface area contributed by atoms with Gasteiger partial charge in [0.2, 0.25) is 0 Å². The summed E-state index contributed by atoms with van der Waals surface area (Å²) in [6.07, 6.45) is -9.95. The predicted octanol–water partition coefficient (Wildman–Crippen LogP) is 4.07. The molecule has 7 aliphatic rings. The van der Waals surface area contributed by atoms with Crippen LogP contribution in [0.4, 0.5) is 8.78 Å². The van der Waals surface area contributed by atoms with Gasteiger partial charge in [-0.3, -0.25) is 19.3 Å². The monoisotopic (exact) mass is 1170 g/mol. The molecule has 470 valence electrons. The van der Waals surface area contributed by atoms with E-state index >= 15 is 8.78 Å². The summed E-state index contributed by atoms with van der Waals surface area (Å²) in [6, 6.07) is -1.21. The Morgan fingerprint density at radius 2 is 1.55 bits per heavy atom. The normalized spacial score (nSPS) is 50.8. The van der Waals surface area contributed by atoms with Crippen LogP contribution in [0, 0.1) is 46.3 Å². The first-order valence-electron chi connectivity index (χ1n) is 30.1. The number of halogens is 2. The molecule has 82 heavy (non-hydrogen) atoms. The smallest absolute Gasteiger partial charge is 0.311 e. The molecule has 27 atom stereocenters. The van der Waals surface area contributed by atoms with Gasteiger partial charge in [-0.15, -0.1) is 0 Å². The van der Waals surface area contributed by atoms with Crippen molar-refractivity contribution in [1.82, 2.24) is 15.1 Å². The maximum Gasteiger partial charge on any atom is 0.311 e. The second kappa shape index (κ2) is 24.5. The molecule has 7 rings (SSSR count). The number of hydrogen-bond donors (Lipinski definition) is 8. The first-order valence-corrected chi connectivity index (χ1v) is 30.1. The summed E-state index contributed by atoms with van der Waals surface area (Å²) in [4.78, 5) is 45.5. The number of carbonyl (C=O) groups excluding carboxylic acids is 3. The van der Waals surface area contributed by atoms with Crippen molar-refractivity contribution in [3.8, 4) is 0 Å². The number of methoxy groups -OCH3 is 1. The fourth-order valence-electron chi connectivity index (χ4n) is 16.5. The largest absolute Gasteiger partial charge is 0.459 e. The summed E-state index contributed by atoms with van der Waals surface area (Å²) in [6.45, 7) is 22.3. The summed E-state index contributed by atoms with van der Waals surface area (Å²) in [7, 11) is 5.17. The lowest BCUT2D eigenvalue weighted by Crippen LogP contribution is -2.71. The first-order chi connectivity index (χ1) is 37.9. The predicted molar refractivity (Wildman–Crippen MR) is 299 cm³/mol. The number of hydrogen-bond acceptors (Lipinski definition) is 18. The number of nitrogens with zero attached hydrogens (tertiary/aromatic N) is 2. The summed E-state index contributed by atoms with van der Waals surface area (Å²) in [5, 5.41) is 88.3. The van der Waals surface area contributed by atoms with Crippen LogP contribution < -0.4 is 5.32 Å². The van der Waals surface area contributed by atoms with E-state index in [9.17, 15) is 50.1 Å². The van der Waals surface area contributed by atoms with E-state index in [0.29, 0.717) is 6.42 Å². The summed E-state index contributed by atoms with van der Waals surface area (Å²) in [5.41, 5.74) is -12.4. The number of rotatable bonds is 12. The van der Waals surface area contributed by atoms with Gasteiger partial charge in [0.05, 0.1) is 47.6 Å². The number of aliphatic hydroxyl groups is 7. The number of aliphatic hydroxyl groups excluding tert-OH is 4. The van der Waals surface area contributed by atoms with Crippen LogP contribution in [0.25, 0.3) is 0 Å². The molecule has 3 heterocycles. The second-order valence-electron chi connectivity index (χ2n) is 27.6.